The summed E-state index contributed by atoms with van der Waals surface area (Å²) in [6.07, 6.45) is 4.57. The van der Waals surface area contributed by atoms with Gasteiger partial charge in [0.2, 0.25) is 0 Å². The Morgan fingerprint density at radius 3 is 1.69 bits per heavy atom. The first-order valence-electron chi connectivity index (χ1n) is 5.40. The summed E-state index contributed by atoms with van der Waals surface area (Å²) >= 11 is 0. The molecule has 0 saturated heterocycles. The summed E-state index contributed by atoms with van der Waals surface area (Å²) in [5.41, 5.74) is -0.398. The van der Waals surface area contributed by atoms with E-state index in [-0.39, 0.29) is 0 Å². The molecule has 0 amide bonds. The molecule has 0 N–H and O–H groups in total. The summed E-state index contributed by atoms with van der Waals surface area (Å²) in [5.74, 6) is 0. The average Bonchev–Trinajstić information content (AvgIpc) is 2.05. The Kier molecular flexibility index (Phi) is 7.39. The van der Waals surface area contributed by atoms with Gasteiger partial charge in [0.25, 0.3) is 0 Å². The zero-order valence-corrected chi connectivity index (χ0v) is 9.56. The zero-order valence-electron chi connectivity index (χ0n) is 9.56. The maximum atomic E-state index is 5.59. The van der Waals surface area contributed by atoms with Crippen LogP contribution in [0.15, 0.2) is 0 Å². The van der Waals surface area contributed by atoms with Crippen LogP contribution in [0.4, 0.5) is 0 Å². The maximum absolute atomic E-state index is 5.59. The molecule has 0 aromatic carbocycles. The lowest BCUT2D eigenvalue weighted by Gasteiger charge is -2.26. The van der Waals surface area contributed by atoms with Crippen LogP contribution in [0.1, 0.15) is 46.5 Å². The molecule has 0 aliphatic heterocycles. The van der Waals surface area contributed by atoms with Gasteiger partial charge in [0, 0.05) is 13.2 Å². The minimum Gasteiger partial charge on any atom is -0.359 e. The van der Waals surface area contributed by atoms with E-state index in [4.69, 9.17) is 9.47 Å². The van der Waals surface area contributed by atoms with Gasteiger partial charge < -0.3 is 9.47 Å². The molecule has 3 heteroatoms. The third-order valence-corrected chi connectivity index (χ3v) is 1.90. The Bertz CT molecular complexity index is 103. The van der Waals surface area contributed by atoms with Crippen molar-refractivity contribution in [2.24, 2.45) is 0 Å². The molecule has 0 aliphatic carbocycles. The lowest BCUT2D eigenvalue weighted by atomic mass is 9.97. The SMILES string of the molecule is BC(C)(OCCCC)OCCCC. The van der Waals surface area contributed by atoms with Crippen LogP contribution < -0.4 is 0 Å². The molecule has 0 spiro atoms. The van der Waals surface area contributed by atoms with Gasteiger partial charge in [-0.05, 0) is 19.8 Å². The zero-order chi connectivity index (χ0) is 10.2. The van der Waals surface area contributed by atoms with Gasteiger partial charge in [-0.1, -0.05) is 26.7 Å². The lowest BCUT2D eigenvalue weighted by Crippen LogP contribution is -2.33. The highest BCUT2D eigenvalue weighted by Crippen LogP contribution is 2.09. The third kappa shape index (κ3) is 8.32. The Labute approximate surface area is 83.4 Å². The Balaban J connectivity index is 3.42. The quantitative estimate of drug-likeness (QED) is 0.327. The molecule has 2 nitrogen and oxygen atoms in total. The number of hydrogen-bond donors (Lipinski definition) is 0. The van der Waals surface area contributed by atoms with Crippen LogP contribution in [-0.4, -0.2) is 26.7 Å². The maximum Gasteiger partial charge on any atom is 0.178 e. The molecule has 0 rings (SSSR count). The van der Waals surface area contributed by atoms with Crippen molar-refractivity contribution in [3.05, 3.63) is 0 Å². The van der Waals surface area contributed by atoms with Crippen LogP contribution in [0, 0.1) is 0 Å². The van der Waals surface area contributed by atoms with Crippen molar-refractivity contribution in [1.82, 2.24) is 0 Å². The molecule has 0 unspecified atom stereocenters. The highest BCUT2D eigenvalue weighted by Gasteiger charge is 2.17. The minimum absolute atomic E-state index is 0.398. The number of unbranched alkanes of at least 4 members (excludes halogenated alkanes) is 2. The number of rotatable bonds is 8. The van der Waals surface area contributed by atoms with E-state index in [0.29, 0.717) is 0 Å². The molecule has 0 aliphatic rings. The van der Waals surface area contributed by atoms with E-state index in [9.17, 15) is 0 Å². The fourth-order valence-electron chi connectivity index (χ4n) is 0.966. The van der Waals surface area contributed by atoms with Crippen molar-refractivity contribution in [1.29, 1.82) is 0 Å². The second-order valence-electron chi connectivity index (χ2n) is 3.80. The molecule has 0 heterocycles. The normalized spacial score (nSPS) is 11.9. The molecule has 0 aromatic heterocycles. The molecule has 13 heavy (non-hydrogen) atoms. The summed E-state index contributed by atoms with van der Waals surface area (Å²) in [6.45, 7) is 7.91. The van der Waals surface area contributed by atoms with Crippen LogP contribution in [0.25, 0.3) is 0 Å². The summed E-state index contributed by atoms with van der Waals surface area (Å²) in [6, 6.07) is 0. The van der Waals surface area contributed by atoms with Gasteiger partial charge in [0.05, 0.1) is 0 Å². The van der Waals surface area contributed by atoms with Gasteiger partial charge in [0.15, 0.2) is 7.85 Å². The van der Waals surface area contributed by atoms with Crippen molar-refractivity contribution < 1.29 is 9.47 Å². The fraction of sp³-hybridized carbons (Fsp3) is 1.00. The third-order valence-electron chi connectivity index (χ3n) is 1.90. The number of hydrogen-bond acceptors (Lipinski definition) is 2. The van der Waals surface area contributed by atoms with E-state index in [0.717, 1.165) is 26.1 Å². The Morgan fingerprint density at radius 1 is 1.00 bits per heavy atom. The summed E-state index contributed by atoms with van der Waals surface area (Å²) in [5, 5.41) is 0. The van der Waals surface area contributed by atoms with E-state index < -0.39 is 5.69 Å². The monoisotopic (exact) mass is 186 g/mol. The topological polar surface area (TPSA) is 18.5 Å². The molecular weight excluding hydrogens is 163 g/mol. The molecule has 0 bridgehead atoms. The van der Waals surface area contributed by atoms with Gasteiger partial charge in [-0.15, -0.1) is 0 Å². The van der Waals surface area contributed by atoms with Gasteiger partial charge in [-0.2, -0.15) is 0 Å². The van der Waals surface area contributed by atoms with Crippen LogP contribution in [-0.2, 0) is 9.47 Å². The largest absolute Gasteiger partial charge is 0.359 e. The average molecular weight is 186 g/mol. The molecule has 0 fully saturated rings. The molecule has 78 valence electrons. The number of ether oxygens (including phenoxy) is 2. The second-order valence-corrected chi connectivity index (χ2v) is 3.80. The minimum atomic E-state index is -0.398. The van der Waals surface area contributed by atoms with E-state index in [1.165, 1.54) is 12.8 Å². The van der Waals surface area contributed by atoms with Crippen molar-refractivity contribution >= 4 is 7.85 Å². The highest BCUT2D eigenvalue weighted by atomic mass is 16.7. The van der Waals surface area contributed by atoms with Crippen molar-refractivity contribution in [2.75, 3.05) is 13.2 Å². The summed E-state index contributed by atoms with van der Waals surface area (Å²) < 4.78 is 11.2. The van der Waals surface area contributed by atoms with Crippen molar-refractivity contribution in [3.8, 4) is 0 Å². The summed E-state index contributed by atoms with van der Waals surface area (Å²) in [7, 11) is 1.98. The second kappa shape index (κ2) is 7.39. The van der Waals surface area contributed by atoms with Crippen LogP contribution >= 0.6 is 0 Å². The lowest BCUT2D eigenvalue weighted by molar-refractivity contribution is -0.167. The van der Waals surface area contributed by atoms with E-state index in [1.54, 1.807) is 0 Å². The van der Waals surface area contributed by atoms with Crippen molar-refractivity contribution in [3.63, 3.8) is 0 Å². The molecule has 0 aromatic rings. The first kappa shape index (κ1) is 13.0. The fourth-order valence-corrected chi connectivity index (χ4v) is 0.966. The smallest absolute Gasteiger partial charge is 0.178 e. The van der Waals surface area contributed by atoms with Gasteiger partial charge in [0.1, 0.15) is 5.69 Å². The first-order valence-corrected chi connectivity index (χ1v) is 5.40. The van der Waals surface area contributed by atoms with E-state index in [1.807, 2.05) is 14.8 Å². The first-order chi connectivity index (χ1) is 6.12. The van der Waals surface area contributed by atoms with Gasteiger partial charge >= 0.3 is 0 Å². The van der Waals surface area contributed by atoms with Crippen LogP contribution in [0.2, 0.25) is 0 Å². The Morgan fingerprint density at radius 2 is 1.38 bits per heavy atom. The van der Waals surface area contributed by atoms with Crippen molar-refractivity contribution in [2.45, 2.75) is 52.1 Å². The van der Waals surface area contributed by atoms with Gasteiger partial charge in [-0.3, -0.25) is 0 Å². The molecule has 0 saturated carbocycles. The predicted octanol–water partition coefficient (Wildman–Crippen LogP) is 1.93. The van der Waals surface area contributed by atoms with Crippen LogP contribution in [0.5, 0.6) is 0 Å². The molecule has 0 atom stereocenters. The molecule has 0 radical (unpaired) electrons. The van der Waals surface area contributed by atoms with Crippen LogP contribution in [0.3, 0.4) is 0 Å². The van der Waals surface area contributed by atoms with Gasteiger partial charge in [-0.25, -0.2) is 0 Å². The Hall–Kier alpha value is -0.0151. The highest BCUT2D eigenvalue weighted by molar-refractivity contribution is 6.13. The summed E-state index contributed by atoms with van der Waals surface area (Å²) in [4.78, 5) is 0. The molecular formula is C10H23BO2. The standard InChI is InChI=1S/C10H23BO2/c1-4-6-8-12-10(3,11)13-9-7-5-2/h4-9,11H2,1-3H3. The predicted molar refractivity (Wildman–Crippen MR) is 58.7 cm³/mol. The van der Waals surface area contributed by atoms with E-state index in [2.05, 4.69) is 13.8 Å². The van der Waals surface area contributed by atoms with E-state index >= 15 is 0 Å².